The van der Waals surface area contributed by atoms with E-state index in [2.05, 4.69) is 36.4 Å². The fourth-order valence-electron chi connectivity index (χ4n) is 1.98. The monoisotopic (exact) mass is 201 g/mol. The Kier molecular flexibility index (Phi) is 3.05. The van der Waals surface area contributed by atoms with Gasteiger partial charge in [0.2, 0.25) is 0 Å². The molecule has 1 aliphatic rings. The average molecular weight is 201 g/mol. The van der Waals surface area contributed by atoms with Gasteiger partial charge in [0.15, 0.2) is 0 Å². The molecule has 0 bridgehead atoms. The fraction of sp³-hybridized carbons (Fsp3) is 0.385. The van der Waals surface area contributed by atoms with Crippen molar-refractivity contribution < 1.29 is 4.74 Å². The summed E-state index contributed by atoms with van der Waals surface area (Å²) in [6.07, 6.45) is 5.43. The van der Waals surface area contributed by atoms with Crippen LogP contribution in [-0.2, 0) is 11.3 Å². The van der Waals surface area contributed by atoms with Crippen molar-refractivity contribution in [2.45, 2.75) is 25.7 Å². The Labute approximate surface area is 90.6 Å². The highest BCUT2D eigenvalue weighted by Crippen LogP contribution is 2.28. The van der Waals surface area contributed by atoms with Gasteiger partial charge in [0, 0.05) is 0 Å². The van der Waals surface area contributed by atoms with Crippen molar-refractivity contribution in [2.24, 2.45) is 0 Å². The summed E-state index contributed by atoms with van der Waals surface area (Å²) in [6, 6.07) is 8.55. The molecule has 78 valence electrons. The summed E-state index contributed by atoms with van der Waals surface area (Å²) in [7, 11) is 0. The van der Waals surface area contributed by atoms with Gasteiger partial charge in [-0.25, -0.2) is 0 Å². The number of ether oxygens (including phenoxy) is 1. The van der Waals surface area contributed by atoms with Crippen LogP contribution in [0.2, 0.25) is 0 Å². The van der Waals surface area contributed by atoms with Crippen LogP contribution in [0.1, 0.15) is 24.1 Å². The maximum Gasteiger partial charge on any atom is 0.0746 e. The maximum atomic E-state index is 5.68. The summed E-state index contributed by atoms with van der Waals surface area (Å²) in [5.74, 6) is 2.60. The van der Waals surface area contributed by atoms with Gasteiger partial charge in [0.25, 0.3) is 0 Å². The first-order valence-corrected chi connectivity index (χ1v) is 5.19. The molecule has 2 atom stereocenters. The summed E-state index contributed by atoms with van der Waals surface area (Å²) in [4.78, 5) is 0. The maximum absolute atomic E-state index is 5.68. The molecule has 2 heteroatoms. The highest BCUT2D eigenvalue weighted by atomic mass is 16.5. The lowest BCUT2D eigenvalue weighted by Gasteiger charge is -2.31. The van der Waals surface area contributed by atoms with Gasteiger partial charge < -0.3 is 4.74 Å². The van der Waals surface area contributed by atoms with E-state index in [1.165, 1.54) is 11.1 Å². The van der Waals surface area contributed by atoms with Gasteiger partial charge in [-0.1, -0.05) is 30.2 Å². The Morgan fingerprint density at radius 2 is 2.33 bits per heavy atom. The van der Waals surface area contributed by atoms with Crippen LogP contribution in [0.5, 0.6) is 0 Å². The summed E-state index contributed by atoms with van der Waals surface area (Å²) in [5, 5.41) is 3.32. The van der Waals surface area contributed by atoms with Crippen molar-refractivity contribution >= 4 is 0 Å². The minimum absolute atomic E-state index is 0.174. The van der Waals surface area contributed by atoms with Gasteiger partial charge in [0.05, 0.1) is 25.3 Å². The zero-order valence-corrected chi connectivity index (χ0v) is 8.86. The molecule has 0 fully saturated rings. The number of terminal acetylenes is 1. The Bertz CT molecular complexity index is 380. The second-order valence-electron chi connectivity index (χ2n) is 3.78. The number of benzene rings is 1. The van der Waals surface area contributed by atoms with Crippen molar-refractivity contribution in [1.82, 2.24) is 5.32 Å². The Balaban J connectivity index is 2.25. The lowest BCUT2D eigenvalue weighted by atomic mass is 9.94. The van der Waals surface area contributed by atoms with Gasteiger partial charge >= 0.3 is 0 Å². The Morgan fingerprint density at radius 3 is 3.13 bits per heavy atom. The zero-order valence-electron chi connectivity index (χ0n) is 8.86. The van der Waals surface area contributed by atoms with Crippen LogP contribution >= 0.6 is 0 Å². The van der Waals surface area contributed by atoms with E-state index >= 15 is 0 Å². The number of fused-ring (bicyclic) bond motifs is 1. The minimum Gasteiger partial charge on any atom is -0.372 e. The van der Waals surface area contributed by atoms with Gasteiger partial charge in [-0.05, 0) is 18.1 Å². The third-order valence-electron chi connectivity index (χ3n) is 2.79. The molecular formula is C13H15NO. The van der Waals surface area contributed by atoms with E-state index in [0.717, 1.165) is 0 Å². The molecule has 0 aliphatic carbocycles. The van der Waals surface area contributed by atoms with Crippen LogP contribution in [0, 0.1) is 12.3 Å². The minimum atomic E-state index is 0.174. The zero-order chi connectivity index (χ0) is 10.7. The van der Waals surface area contributed by atoms with E-state index in [0.29, 0.717) is 13.2 Å². The van der Waals surface area contributed by atoms with Crippen molar-refractivity contribution in [3.05, 3.63) is 35.4 Å². The van der Waals surface area contributed by atoms with E-state index in [-0.39, 0.29) is 12.1 Å². The fourth-order valence-corrected chi connectivity index (χ4v) is 1.98. The molecule has 0 unspecified atom stereocenters. The molecule has 0 saturated heterocycles. The predicted octanol–water partition coefficient (Wildman–Crippen LogP) is 1.87. The van der Waals surface area contributed by atoms with Crippen LogP contribution in [0.25, 0.3) is 0 Å². The van der Waals surface area contributed by atoms with Crippen LogP contribution < -0.4 is 5.32 Å². The molecule has 0 amide bonds. The molecule has 15 heavy (non-hydrogen) atoms. The molecule has 0 aromatic heterocycles. The summed E-state index contributed by atoms with van der Waals surface area (Å²) < 4.78 is 5.68. The van der Waals surface area contributed by atoms with E-state index in [4.69, 9.17) is 11.2 Å². The van der Waals surface area contributed by atoms with Crippen LogP contribution in [0.3, 0.4) is 0 Å². The molecule has 1 aromatic carbocycles. The molecule has 2 nitrogen and oxygen atoms in total. The van der Waals surface area contributed by atoms with Gasteiger partial charge in [0.1, 0.15) is 0 Å². The second kappa shape index (κ2) is 4.48. The molecule has 0 saturated carbocycles. The van der Waals surface area contributed by atoms with E-state index in [9.17, 15) is 0 Å². The largest absolute Gasteiger partial charge is 0.372 e. The smallest absolute Gasteiger partial charge is 0.0746 e. The first-order valence-electron chi connectivity index (χ1n) is 5.19. The van der Waals surface area contributed by atoms with Crippen LogP contribution in [0.4, 0.5) is 0 Å². The topological polar surface area (TPSA) is 21.3 Å². The predicted molar refractivity (Wildman–Crippen MR) is 60.3 cm³/mol. The molecule has 0 spiro atoms. The standard InChI is InChI=1S/C13H15NO/c1-3-8-14-13-10(2)15-9-11-6-4-5-7-12(11)13/h1,4-7,10,13-14H,8-9H2,2H3/t10-,13+/m0/s1. The van der Waals surface area contributed by atoms with Crippen LogP contribution in [-0.4, -0.2) is 12.6 Å². The van der Waals surface area contributed by atoms with Gasteiger partial charge in [-0.15, -0.1) is 6.42 Å². The number of hydrogen-bond acceptors (Lipinski definition) is 2. The molecule has 0 radical (unpaired) electrons. The van der Waals surface area contributed by atoms with Crippen LogP contribution in [0.15, 0.2) is 24.3 Å². The van der Waals surface area contributed by atoms with Crippen molar-refractivity contribution in [1.29, 1.82) is 0 Å². The van der Waals surface area contributed by atoms with Gasteiger partial charge in [-0.2, -0.15) is 0 Å². The van der Waals surface area contributed by atoms with E-state index in [1.807, 2.05) is 6.07 Å². The average Bonchev–Trinajstić information content (AvgIpc) is 2.28. The highest BCUT2D eigenvalue weighted by Gasteiger charge is 2.25. The highest BCUT2D eigenvalue weighted by molar-refractivity contribution is 5.32. The first kappa shape index (κ1) is 10.2. The molecule has 1 heterocycles. The first-order chi connectivity index (χ1) is 7.33. The van der Waals surface area contributed by atoms with Crippen molar-refractivity contribution in [2.75, 3.05) is 6.54 Å². The molecule has 2 rings (SSSR count). The van der Waals surface area contributed by atoms with E-state index in [1.54, 1.807) is 0 Å². The molecule has 1 aromatic rings. The normalized spacial score (nSPS) is 24.3. The van der Waals surface area contributed by atoms with Crippen molar-refractivity contribution in [3.8, 4) is 12.3 Å². The number of hydrogen-bond donors (Lipinski definition) is 1. The summed E-state index contributed by atoms with van der Waals surface area (Å²) in [6.45, 7) is 3.35. The summed E-state index contributed by atoms with van der Waals surface area (Å²) in [5.41, 5.74) is 2.57. The molecule has 1 aliphatic heterocycles. The third-order valence-corrected chi connectivity index (χ3v) is 2.79. The quantitative estimate of drug-likeness (QED) is 0.737. The van der Waals surface area contributed by atoms with E-state index < -0.39 is 0 Å². The number of nitrogens with one attached hydrogen (secondary N) is 1. The number of rotatable bonds is 2. The summed E-state index contributed by atoms with van der Waals surface area (Å²) >= 11 is 0. The lowest BCUT2D eigenvalue weighted by Crippen LogP contribution is -2.36. The third kappa shape index (κ3) is 2.04. The van der Waals surface area contributed by atoms with Gasteiger partial charge in [-0.3, -0.25) is 5.32 Å². The molecular weight excluding hydrogens is 186 g/mol. The van der Waals surface area contributed by atoms with Crippen molar-refractivity contribution in [3.63, 3.8) is 0 Å². The Hall–Kier alpha value is -1.30. The SMILES string of the molecule is C#CCN[C@H]1c2ccccc2CO[C@H]1C. The lowest BCUT2D eigenvalue weighted by molar-refractivity contribution is 0.0126. The Morgan fingerprint density at radius 1 is 1.53 bits per heavy atom. The molecule has 1 N–H and O–H groups in total. The second-order valence-corrected chi connectivity index (χ2v) is 3.78.